The van der Waals surface area contributed by atoms with E-state index in [2.05, 4.69) is 0 Å². The Morgan fingerprint density at radius 3 is 2.59 bits per heavy atom. The van der Waals surface area contributed by atoms with Crippen molar-refractivity contribution in [2.45, 2.75) is 31.2 Å². The number of rotatable bonds is 1. The first-order chi connectivity index (χ1) is 8.19. The second kappa shape index (κ2) is 3.88. The summed E-state index contributed by atoms with van der Waals surface area (Å²) in [6.45, 7) is 0.866. The molecular formula is C13H16FNO2. The Balaban J connectivity index is 2.04. The van der Waals surface area contributed by atoms with E-state index in [4.69, 9.17) is 15.2 Å². The van der Waals surface area contributed by atoms with Gasteiger partial charge in [0.1, 0.15) is 13.2 Å². The molecule has 1 aliphatic carbocycles. The van der Waals surface area contributed by atoms with Gasteiger partial charge in [-0.25, -0.2) is 4.39 Å². The van der Waals surface area contributed by atoms with Gasteiger partial charge in [0.15, 0.2) is 17.3 Å². The Kier molecular flexibility index (Phi) is 2.47. The van der Waals surface area contributed by atoms with Crippen LogP contribution >= 0.6 is 0 Å². The van der Waals surface area contributed by atoms with Gasteiger partial charge in [0.2, 0.25) is 0 Å². The van der Waals surface area contributed by atoms with Gasteiger partial charge in [-0.3, -0.25) is 0 Å². The lowest BCUT2D eigenvalue weighted by Gasteiger charge is -2.27. The average Bonchev–Trinajstić information content (AvgIpc) is 2.78. The van der Waals surface area contributed by atoms with E-state index in [1.54, 1.807) is 0 Å². The SMILES string of the molecule is NC1(c2cc(F)c3c(c2)OCCO3)CCCC1. The normalized spacial score (nSPS) is 21.5. The van der Waals surface area contributed by atoms with Crippen LogP contribution in [-0.2, 0) is 5.54 Å². The minimum atomic E-state index is -0.392. The van der Waals surface area contributed by atoms with Crippen molar-refractivity contribution in [2.24, 2.45) is 5.73 Å². The molecule has 92 valence electrons. The van der Waals surface area contributed by atoms with Crippen LogP contribution in [0, 0.1) is 5.82 Å². The highest BCUT2D eigenvalue weighted by atomic mass is 19.1. The highest BCUT2D eigenvalue weighted by Crippen LogP contribution is 2.41. The van der Waals surface area contributed by atoms with Gasteiger partial charge in [0.05, 0.1) is 0 Å². The Hall–Kier alpha value is -1.29. The van der Waals surface area contributed by atoms with Crippen LogP contribution in [0.25, 0.3) is 0 Å². The zero-order valence-corrected chi connectivity index (χ0v) is 9.67. The van der Waals surface area contributed by atoms with Crippen LogP contribution in [-0.4, -0.2) is 13.2 Å². The molecule has 0 radical (unpaired) electrons. The Bertz CT molecular complexity index is 441. The summed E-state index contributed by atoms with van der Waals surface area (Å²) in [5.41, 5.74) is 6.76. The smallest absolute Gasteiger partial charge is 0.197 e. The quantitative estimate of drug-likeness (QED) is 0.815. The summed E-state index contributed by atoms with van der Waals surface area (Å²) in [6.07, 6.45) is 4.03. The van der Waals surface area contributed by atoms with Crippen LogP contribution in [0.1, 0.15) is 31.2 Å². The maximum absolute atomic E-state index is 13.9. The summed E-state index contributed by atoms with van der Waals surface area (Å²) >= 11 is 0. The topological polar surface area (TPSA) is 44.5 Å². The second-order valence-electron chi connectivity index (χ2n) is 4.85. The van der Waals surface area contributed by atoms with Gasteiger partial charge in [-0.1, -0.05) is 12.8 Å². The Labute approximate surface area is 99.7 Å². The molecule has 0 atom stereocenters. The summed E-state index contributed by atoms with van der Waals surface area (Å²) in [4.78, 5) is 0. The van der Waals surface area contributed by atoms with Crippen molar-refractivity contribution in [1.82, 2.24) is 0 Å². The van der Waals surface area contributed by atoms with Crippen LogP contribution < -0.4 is 15.2 Å². The van der Waals surface area contributed by atoms with E-state index in [0.29, 0.717) is 19.0 Å². The molecule has 1 aromatic rings. The number of halogens is 1. The molecule has 1 fully saturated rings. The molecule has 1 aromatic carbocycles. The number of ether oxygens (including phenoxy) is 2. The van der Waals surface area contributed by atoms with Crippen molar-refractivity contribution < 1.29 is 13.9 Å². The van der Waals surface area contributed by atoms with E-state index in [1.807, 2.05) is 6.07 Å². The monoisotopic (exact) mass is 237 g/mol. The molecule has 0 unspecified atom stereocenters. The number of nitrogens with two attached hydrogens (primary N) is 1. The minimum Gasteiger partial charge on any atom is -0.486 e. The van der Waals surface area contributed by atoms with E-state index < -0.39 is 5.54 Å². The van der Waals surface area contributed by atoms with Gasteiger partial charge < -0.3 is 15.2 Å². The molecule has 4 heteroatoms. The molecule has 2 N–H and O–H groups in total. The molecule has 3 rings (SSSR count). The summed E-state index contributed by atoms with van der Waals surface area (Å²) in [5, 5.41) is 0. The first-order valence-corrected chi connectivity index (χ1v) is 6.08. The molecule has 0 saturated heterocycles. The third-order valence-corrected chi connectivity index (χ3v) is 3.67. The number of fused-ring (bicyclic) bond motifs is 1. The van der Waals surface area contributed by atoms with Crippen LogP contribution in [0.5, 0.6) is 11.5 Å². The van der Waals surface area contributed by atoms with Crippen molar-refractivity contribution >= 4 is 0 Å². The predicted molar refractivity (Wildman–Crippen MR) is 61.7 cm³/mol. The first-order valence-electron chi connectivity index (χ1n) is 6.08. The number of benzene rings is 1. The van der Waals surface area contributed by atoms with Gasteiger partial charge in [-0.2, -0.15) is 0 Å². The van der Waals surface area contributed by atoms with Crippen LogP contribution in [0.4, 0.5) is 4.39 Å². The van der Waals surface area contributed by atoms with Gasteiger partial charge in [-0.05, 0) is 30.5 Å². The lowest BCUT2D eigenvalue weighted by atomic mass is 9.89. The molecule has 2 aliphatic rings. The molecular weight excluding hydrogens is 221 g/mol. The van der Waals surface area contributed by atoms with E-state index in [9.17, 15) is 4.39 Å². The molecule has 0 spiro atoms. The third-order valence-electron chi connectivity index (χ3n) is 3.67. The predicted octanol–water partition coefficient (Wildman–Crippen LogP) is 2.32. The van der Waals surface area contributed by atoms with E-state index in [0.717, 1.165) is 31.2 Å². The van der Waals surface area contributed by atoms with Gasteiger partial charge >= 0.3 is 0 Å². The molecule has 17 heavy (non-hydrogen) atoms. The number of hydrogen-bond acceptors (Lipinski definition) is 3. The first kappa shape index (κ1) is 10.8. The molecule has 1 aliphatic heterocycles. The van der Waals surface area contributed by atoms with Gasteiger partial charge in [0, 0.05) is 5.54 Å². The van der Waals surface area contributed by atoms with Gasteiger partial charge in [0.25, 0.3) is 0 Å². The fourth-order valence-corrected chi connectivity index (χ4v) is 2.69. The second-order valence-corrected chi connectivity index (χ2v) is 4.85. The maximum atomic E-state index is 13.9. The van der Waals surface area contributed by atoms with Crippen LogP contribution in [0.2, 0.25) is 0 Å². The van der Waals surface area contributed by atoms with Crippen molar-refractivity contribution in [3.8, 4) is 11.5 Å². The highest BCUT2D eigenvalue weighted by Gasteiger charge is 2.33. The molecule has 0 amide bonds. The van der Waals surface area contributed by atoms with Gasteiger partial charge in [-0.15, -0.1) is 0 Å². The Morgan fingerprint density at radius 1 is 1.12 bits per heavy atom. The van der Waals surface area contributed by atoms with Crippen molar-refractivity contribution in [1.29, 1.82) is 0 Å². The largest absolute Gasteiger partial charge is 0.486 e. The van der Waals surface area contributed by atoms with Crippen LogP contribution in [0.15, 0.2) is 12.1 Å². The summed E-state index contributed by atoms with van der Waals surface area (Å²) in [5.74, 6) is 0.346. The molecule has 0 aromatic heterocycles. The van der Waals surface area contributed by atoms with E-state index in [1.165, 1.54) is 6.07 Å². The molecule has 0 bridgehead atoms. The van der Waals surface area contributed by atoms with Crippen molar-refractivity contribution in [3.63, 3.8) is 0 Å². The van der Waals surface area contributed by atoms with Crippen LogP contribution in [0.3, 0.4) is 0 Å². The highest BCUT2D eigenvalue weighted by molar-refractivity contribution is 5.47. The summed E-state index contributed by atoms with van der Waals surface area (Å²) < 4.78 is 24.6. The molecule has 1 saturated carbocycles. The zero-order valence-electron chi connectivity index (χ0n) is 9.67. The maximum Gasteiger partial charge on any atom is 0.197 e. The molecule has 1 heterocycles. The van der Waals surface area contributed by atoms with E-state index in [-0.39, 0.29) is 11.6 Å². The third kappa shape index (κ3) is 1.76. The molecule has 3 nitrogen and oxygen atoms in total. The lowest BCUT2D eigenvalue weighted by Crippen LogP contribution is -2.33. The Morgan fingerprint density at radius 2 is 1.82 bits per heavy atom. The summed E-state index contributed by atoms with van der Waals surface area (Å²) in [6, 6.07) is 3.34. The van der Waals surface area contributed by atoms with Crippen molar-refractivity contribution in [2.75, 3.05) is 13.2 Å². The summed E-state index contributed by atoms with van der Waals surface area (Å²) in [7, 11) is 0. The van der Waals surface area contributed by atoms with Crippen molar-refractivity contribution in [3.05, 3.63) is 23.5 Å². The standard InChI is InChI=1S/C13H16FNO2/c14-10-7-9(13(15)3-1-2-4-13)8-11-12(10)17-6-5-16-11/h7-8H,1-6,15H2. The average molecular weight is 237 g/mol. The van der Waals surface area contributed by atoms with E-state index >= 15 is 0 Å². The lowest BCUT2D eigenvalue weighted by molar-refractivity contribution is 0.163. The zero-order chi connectivity index (χ0) is 11.9. The minimum absolute atomic E-state index is 0.224. The number of hydrogen-bond donors (Lipinski definition) is 1. The fraction of sp³-hybridized carbons (Fsp3) is 0.538. The fourth-order valence-electron chi connectivity index (χ4n) is 2.69.